The Morgan fingerprint density at radius 3 is 2.77 bits per heavy atom. The molecular weight excluding hydrogens is 462 g/mol. The molecule has 0 unspecified atom stereocenters. The third-order valence-electron chi connectivity index (χ3n) is 4.34. The molecule has 0 aliphatic carbocycles. The highest BCUT2D eigenvalue weighted by atomic mass is 35.5. The van der Waals surface area contributed by atoms with Crippen molar-refractivity contribution < 1.29 is 22.7 Å². The summed E-state index contributed by atoms with van der Waals surface area (Å²) in [6.45, 7) is 0.524. The quantitative estimate of drug-likeness (QED) is 0.555. The SMILES string of the molecule is CS(=O)(=O)Nc1ccc(-c2csc(NC(=O)Cc3cc(Cl)cc4c3OCOC4)n2)cc1. The molecule has 11 heteroatoms. The van der Waals surface area contributed by atoms with Gasteiger partial charge < -0.3 is 14.8 Å². The Bertz CT molecular complexity index is 1230. The van der Waals surface area contributed by atoms with Gasteiger partial charge in [-0.1, -0.05) is 23.7 Å². The summed E-state index contributed by atoms with van der Waals surface area (Å²) in [6.07, 6.45) is 1.18. The average Bonchev–Trinajstić information content (AvgIpc) is 3.15. The zero-order valence-corrected chi connectivity index (χ0v) is 18.7. The normalized spacial score (nSPS) is 13.2. The Morgan fingerprint density at radius 1 is 1.26 bits per heavy atom. The number of carbonyl (C=O) groups excluding carboxylic acids is 1. The molecule has 0 saturated heterocycles. The Kier molecular flexibility index (Phi) is 6.15. The van der Waals surface area contributed by atoms with Gasteiger partial charge in [0.15, 0.2) is 11.9 Å². The summed E-state index contributed by atoms with van der Waals surface area (Å²) in [4.78, 5) is 17.0. The number of hydrogen-bond acceptors (Lipinski definition) is 7. The molecule has 1 amide bonds. The first kappa shape index (κ1) is 21.6. The number of anilines is 2. The molecule has 0 fully saturated rings. The van der Waals surface area contributed by atoms with E-state index in [1.165, 1.54) is 11.3 Å². The number of amides is 1. The largest absolute Gasteiger partial charge is 0.467 e. The van der Waals surface area contributed by atoms with Crippen LogP contribution in [0, 0.1) is 0 Å². The third-order valence-corrected chi connectivity index (χ3v) is 5.92. The van der Waals surface area contributed by atoms with E-state index in [2.05, 4.69) is 15.0 Å². The lowest BCUT2D eigenvalue weighted by Crippen LogP contribution is -2.18. The van der Waals surface area contributed by atoms with Crippen molar-refractivity contribution in [2.45, 2.75) is 13.0 Å². The zero-order valence-electron chi connectivity index (χ0n) is 16.3. The second kappa shape index (κ2) is 8.83. The van der Waals surface area contributed by atoms with Gasteiger partial charge in [0.1, 0.15) is 5.75 Å². The van der Waals surface area contributed by atoms with Crippen LogP contribution in [0.4, 0.5) is 10.8 Å². The number of ether oxygens (including phenoxy) is 2. The van der Waals surface area contributed by atoms with E-state index in [0.29, 0.717) is 39.5 Å². The van der Waals surface area contributed by atoms with Crippen LogP contribution in [0.25, 0.3) is 11.3 Å². The summed E-state index contributed by atoms with van der Waals surface area (Å²) in [5.41, 5.74) is 3.44. The van der Waals surface area contributed by atoms with Crippen molar-refractivity contribution in [1.82, 2.24) is 4.98 Å². The highest BCUT2D eigenvalue weighted by Gasteiger charge is 2.19. The summed E-state index contributed by atoms with van der Waals surface area (Å²) in [7, 11) is -3.33. The van der Waals surface area contributed by atoms with Crippen LogP contribution in [0.2, 0.25) is 5.02 Å². The summed E-state index contributed by atoms with van der Waals surface area (Å²) in [6, 6.07) is 10.3. The molecule has 0 atom stereocenters. The van der Waals surface area contributed by atoms with Gasteiger partial charge in [-0.05, 0) is 24.3 Å². The van der Waals surface area contributed by atoms with Crippen molar-refractivity contribution >= 4 is 49.7 Å². The van der Waals surface area contributed by atoms with Crippen LogP contribution in [0.15, 0.2) is 41.8 Å². The van der Waals surface area contributed by atoms with Gasteiger partial charge >= 0.3 is 0 Å². The van der Waals surface area contributed by atoms with E-state index in [9.17, 15) is 13.2 Å². The maximum absolute atomic E-state index is 12.6. The minimum Gasteiger partial charge on any atom is -0.467 e. The Hall–Kier alpha value is -2.66. The minimum absolute atomic E-state index is 0.0870. The molecule has 31 heavy (non-hydrogen) atoms. The van der Waals surface area contributed by atoms with E-state index in [4.69, 9.17) is 21.1 Å². The third kappa shape index (κ3) is 5.53. The van der Waals surface area contributed by atoms with E-state index in [1.807, 2.05) is 5.38 Å². The molecule has 8 nitrogen and oxygen atoms in total. The van der Waals surface area contributed by atoms with Crippen LogP contribution in [0.1, 0.15) is 11.1 Å². The van der Waals surface area contributed by atoms with E-state index in [1.54, 1.807) is 36.4 Å². The first-order valence-corrected chi connectivity index (χ1v) is 12.3. The molecule has 0 radical (unpaired) electrons. The molecular formula is C20H18ClN3O5S2. The number of nitrogens with zero attached hydrogens (tertiary/aromatic N) is 1. The van der Waals surface area contributed by atoms with Crippen LogP contribution >= 0.6 is 22.9 Å². The maximum Gasteiger partial charge on any atom is 0.230 e. The zero-order chi connectivity index (χ0) is 22.0. The molecule has 0 saturated carbocycles. The Labute approximate surface area is 188 Å². The lowest BCUT2D eigenvalue weighted by atomic mass is 10.1. The highest BCUT2D eigenvalue weighted by Crippen LogP contribution is 2.32. The first-order valence-electron chi connectivity index (χ1n) is 9.12. The topological polar surface area (TPSA) is 107 Å². The summed E-state index contributed by atoms with van der Waals surface area (Å²) >= 11 is 7.45. The number of rotatable bonds is 6. The first-order chi connectivity index (χ1) is 14.8. The lowest BCUT2D eigenvalue weighted by Gasteiger charge is -2.20. The molecule has 4 rings (SSSR count). The fraction of sp³-hybridized carbons (Fsp3) is 0.200. The van der Waals surface area contributed by atoms with Crippen LogP contribution in [0.5, 0.6) is 5.75 Å². The summed E-state index contributed by atoms with van der Waals surface area (Å²) < 4.78 is 35.8. The molecule has 1 aliphatic rings. The predicted molar refractivity (Wildman–Crippen MR) is 120 cm³/mol. The molecule has 0 spiro atoms. The van der Waals surface area contributed by atoms with Crippen LogP contribution in [-0.4, -0.2) is 32.4 Å². The molecule has 162 valence electrons. The molecule has 1 aliphatic heterocycles. The minimum atomic E-state index is -3.33. The molecule has 2 heterocycles. The van der Waals surface area contributed by atoms with Gasteiger partial charge in [0.05, 0.1) is 25.0 Å². The number of aromatic nitrogens is 1. The lowest BCUT2D eigenvalue weighted by molar-refractivity contribution is -0.115. The van der Waals surface area contributed by atoms with Crippen molar-refractivity contribution in [2.24, 2.45) is 0 Å². The number of benzene rings is 2. The number of thiazole rings is 1. The van der Waals surface area contributed by atoms with Gasteiger partial charge in [-0.25, -0.2) is 13.4 Å². The van der Waals surface area contributed by atoms with Crippen molar-refractivity contribution in [2.75, 3.05) is 23.1 Å². The standard InChI is InChI=1S/C20H18ClN3O5S2/c1-31(26,27)24-16-4-2-12(3-5-16)17-10-30-20(22-17)23-18(25)8-13-6-15(21)7-14-9-28-11-29-19(13)14/h2-7,10,24H,8-9,11H2,1H3,(H,22,23,25). The number of carbonyl (C=O) groups is 1. The van der Waals surface area contributed by atoms with Crippen LogP contribution in [0.3, 0.4) is 0 Å². The second-order valence-electron chi connectivity index (χ2n) is 6.88. The number of halogens is 1. The van der Waals surface area contributed by atoms with Crippen molar-refractivity contribution in [3.8, 4) is 17.0 Å². The number of nitrogens with one attached hydrogen (secondary N) is 2. The van der Waals surface area contributed by atoms with E-state index < -0.39 is 10.0 Å². The van der Waals surface area contributed by atoms with E-state index in [-0.39, 0.29) is 19.1 Å². The Morgan fingerprint density at radius 2 is 2.03 bits per heavy atom. The van der Waals surface area contributed by atoms with Gasteiger partial charge in [0.25, 0.3) is 0 Å². The van der Waals surface area contributed by atoms with Crippen molar-refractivity contribution in [1.29, 1.82) is 0 Å². The number of fused-ring (bicyclic) bond motifs is 1. The summed E-state index contributed by atoms with van der Waals surface area (Å²) in [5.74, 6) is 0.390. The smallest absolute Gasteiger partial charge is 0.230 e. The fourth-order valence-electron chi connectivity index (χ4n) is 3.11. The maximum atomic E-state index is 12.6. The molecule has 3 aromatic rings. The van der Waals surface area contributed by atoms with Gasteiger partial charge in [-0.2, -0.15) is 0 Å². The van der Waals surface area contributed by atoms with Gasteiger partial charge in [0, 0.05) is 32.8 Å². The Balaban J connectivity index is 1.44. The van der Waals surface area contributed by atoms with E-state index in [0.717, 1.165) is 17.4 Å². The fourth-order valence-corrected chi connectivity index (χ4v) is 4.67. The molecule has 2 aromatic carbocycles. The van der Waals surface area contributed by atoms with Gasteiger partial charge in [-0.15, -0.1) is 11.3 Å². The predicted octanol–water partition coefficient (Wildman–Crippen LogP) is 3.88. The molecule has 2 N–H and O–H groups in total. The van der Waals surface area contributed by atoms with Gasteiger partial charge in [0.2, 0.25) is 15.9 Å². The van der Waals surface area contributed by atoms with Crippen molar-refractivity contribution in [3.63, 3.8) is 0 Å². The summed E-state index contributed by atoms with van der Waals surface area (Å²) in [5, 5.41) is 5.58. The van der Waals surface area contributed by atoms with Crippen LogP contribution < -0.4 is 14.8 Å². The van der Waals surface area contributed by atoms with Gasteiger partial charge in [-0.3, -0.25) is 9.52 Å². The second-order valence-corrected chi connectivity index (χ2v) is 9.92. The highest BCUT2D eigenvalue weighted by molar-refractivity contribution is 7.92. The van der Waals surface area contributed by atoms with Crippen LogP contribution in [-0.2, 0) is 32.6 Å². The van der Waals surface area contributed by atoms with Crippen molar-refractivity contribution in [3.05, 3.63) is 57.9 Å². The number of sulfonamides is 1. The molecule has 1 aromatic heterocycles. The molecule has 0 bridgehead atoms. The van der Waals surface area contributed by atoms with E-state index >= 15 is 0 Å². The monoisotopic (exact) mass is 479 g/mol. The number of hydrogen-bond donors (Lipinski definition) is 2. The average molecular weight is 480 g/mol.